The SMILES string of the molecule is C(=N\c1sc2c(c1-c1nc3ccccc3s1)CCCC2)/c1ccco1. The molecule has 3 aromatic heterocycles. The molecular formula is C20H16N2OS2. The van der Waals surface area contributed by atoms with Crippen LogP contribution in [0.1, 0.15) is 29.0 Å². The van der Waals surface area contributed by atoms with Gasteiger partial charge in [-0.2, -0.15) is 0 Å². The molecular weight excluding hydrogens is 348 g/mol. The molecule has 1 aliphatic carbocycles. The number of aliphatic imine (C=N–C) groups is 1. The van der Waals surface area contributed by atoms with E-state index in [1.807, 2.05) is 35.8 Å². The molecule has 3 heterocycles. The predicted molar refractivity (Wildman–Crippen MR) is 106 cm³/mol. The molecule has 5 heteroatoms. The molecule has 3 nitrogen and oxygen atoms in total. The summed E-state index contributed by atoms with van der Waals surface area (Å²) in [5, 5.41) is 2.15. The third kappa shape index (κ3) is 2.73. The average molecular weight is 364 g/mol. The van der Waals surface area contributed by atoms with Gasteiger partial charge in [-0.05, 0) is 55.5 Å². The first-order chi connectivity index (χ1) is 12.4. The third-order valence-corrected chi connectivity index (χ3v) is 6.77. The van der Waals surface area contributed by atoms with Crippen molar-refractivity contribution in [3.8, 4) is 10.6 Å². The van der Waals surface area contributed by atoms with Gasteiger partial charge in [0.25, 0.3) is 0 Å². The number of thiophene rings is 1. The monoisotopic (exact) mass is 364 g/mol. The van der Waals surface area contributed by atoms with Crippen molar-refractivity contribution < 1.29 is 4.42 Å². The zero-order valence-electron chi connectivity index (χ0n) is 13.6. The van der Waals surface area contributed by atoms with Crippen LogP contribution in [0.25, 0.3) is 20.8 Å². The first-order valence-electron chi connectivity index (χ1n) is 8.46. The number of para-hydroxylation sites is 1. The van der Waals surface area contributed by atoms with E-state index >= 15 is 0 Å². The molecule has 0 atom stereocenters. The number of aryl methyl sites for hydroxylation is 1. The minimum absolute atomic E-state index is 0.779. The van der Waals surface area contributed by atoms with Crippen LogP contribution in [0.4, 0.5) is 5.00 Å². The lowest BCUT2D eigenvalue weighted by molar-refractivity contribution is 0.560. The highest BCUT2D eigenvalue weighted by Crippen LogP contribution is 2.47. The normalized spacial score (nSPS) is 14.4. The first-order valence-corrected chi connectivity index (χ1v) is 10.1. The molecule has 1 aromatic carbocycles. The summed E-state index contributed by atoms with van der Waals surface area (Å²) < 4.78 is 6.62. The lowest BCUT2D eigenvalue weighted by Gasteiger charge is -2.11. The van der Waals surface area contributed by atoms with Crippen molar-refractivity contribution in [2.75, 3.05) is 0 Å². The molecule has 0 fully saturated rings. The molecule has 4 aromatic rings. The molecule has 0 radical (unpaired) electrons. The summed E-state index contributed by atoms with van der Waals surface area (Å²) in [5.74, 6) is 0.779. The average Bonchev–Trinajstić information content (AvgIpc) is 3.36. The third-order valence-electron chi connectivity index (χ3n) is 4.51. The summed E-state index contributed by atoms with van der Waals surface area (Å²) in [6, 6.07) is 12.2. The van der Waals surface area contributed by atoms with Gasteiger partial charge in [0.1, 0.15) is 15.8 Å². The van der Waals surface area contributed by atoms with Gasteiger partial charge in [-0.3, -0.25) is 0 Å². The summed E-state index contributed by atoms with van der Waals surface area (Å²) in [7, 11) is 0. The maximum absolute atomic E-state index is 5.39. The Kier molecular flexibility index (Phi) is 3.76. The quantitative estimate of drug-likeness (QED) is 0.403. The van der Waals surface area contributed by atoms with Gasteiger partial charge in [-0.15, -0.1) is 22.7 Å². The maximum atomic E-state index is 5.39. The van der Waals surface area contributed by atoms with Gasteiger partial charge in [0.2, 0.25) is 0 Å². The molecule has 0 unspecified atom stereocenters. The van der Waals surface area contributed by atoms with E-state index in [1.54, 1.807) is 17.6 Å². The van der Waals surface area contributed by atoms with E-state index < -0.39 is 0 Å². The van der Waals surface area contributed by atoms with E-state index in [0.29, 0.717) is 0 Å². The standard InChI is InChI=1S/C20H16N2OS2/c1-3-9-16-14(7-1)18(19(24-16)21-12-13-6-5-11-23-13)20-22-15-8-2-4-10-17(15)25-20/h2,4-6,8,10-12H,1,3,7,9H2/b21-12+. The van der Waals surface area contributed by atoms with Crippen LogP contribution in [0.15, 0.2) is 52.1 Å². The summed E-state index contributed by atoms with van der Waals surface area (Å²) in [6.07, 6.45) is 8.31. The van der Waals surface area contributed by atoms with Crippen LogP contribution in [0, 0.1) is 0 Å². The van der Waals surface area contributed by atoms with Gasteiger partial charge in [0, 0.05) is 4.88 Å². The van der Waals surface area contributed by atoms with Crippen molar-refractivity contribution in [2.45, 2.75) is 25.7 Å². The topological polar surface area (TPSA) is 38.4 Å². The van der Waals surface area contributed by atoms with Crippen molar-refractivity contribution in [2.24, 2.45) is 4.99 Å². The Morgan fingerprint density at radius 1 is 1.04 bits per heavy atom. The number of hydrogen-bond donors (Lipinski definition) is 0. The Labute approximate surface area is 153 Å². The van der Waals surface area contributed by atoms with Crippen molar-refractivity contribution >= 4 is 44.1 Å². The van der Waals surface area contributed by atoms with Crippen molar-refractivity contribution in [1.82, 2.24) is 4.98 Å². The Morgan fingerprint density at radius 3 is 2.84 bits per heavy atom. The molecule has 0 N–H and O–H groups in total. The molecule has 124 valence electrons. The first kappa shape index (κ1) is 15.0. The Balaban J connectivity index is 1.67. The largest absolute Gasteiger partial charge is 0.463 e. The van der Waals surface area contributed by atoms with Gasteiger partial charge >= 0.3 is 0 Å². The van der Waals surface area contributed by atoms with Crippen molar-refractivity contribution in [3.05, 3.63) is 58.9 Å². The summed E-state index contributed by atoms with van der Waals surface area (Å²) >= 11 is 3.58. The number of fused-ring (bicyclic) bond motifs is 2. The fourth-order valence-corrected chi connectivity index (χ4v) is 5.67. The molecule has 0 saturated carbocycles. The molecule has 0 amide bonds. The van der Waals surface area contributed by atoms with E-state index in [4.69, 9.17) is 14.4 Å². The number of hydrogen-bond acceptors (Lipinski definition) is 5. The van der Waals surface area contributed by atoms with E-state index in [0.717, 1.165) is 34.1 Å². The number of thiazole rings is 1. The van der Waals surface area contributed by atoms with Crippen LogP contribution in [-0.2, 0) is 12.8 Å². The van der Waals surface area contributed by atoms with Crippen LogP contribution in [0.3, 0.4) is 0 Å². The second-order valence-electron chi connectivity index (χ2n) is 6.15. The van der Waals surface area contributed by atoms with E-state index in [-0.39, 0.29) is 0 Å². The van der Waals surface area contributed by atoms with Crippen molar-refractivity contribution in [3.63, 3.8) is 0 Å². The highest BCUT2D eigenvalue weighted by atomic mass is 32.1. The number of nitrogens with zero attached hydrogens (tertiary/aromatic N) is 2. The highest BCUT2D eigenvalue weighted by Gasteiger charge is 2.23. The summed E-state index contributed by atoms with van der Waals surface area (Å²) in [5.41, 5.74) is 3.77. The maximum Gasteiger partial charge on any atom is 0.144 e. The molecule has 0 aliphatic heterocycles. The molecule has 0 bridgehead atoms. The highest BCUT2D eigenvalue weighted by molar-refractivity contribution is 7.22. The van der Waals surface area contributed by atoms with Gasteiger partial charge in [0.05, 0.1) is 28.3 Å². The van der Waals surface area contributed by atoms with Crippen LogP contribution < -0.4 is 0 Å². The van der Waals surface area contributed by atoms with Crippen LogP contribution in [-0.4, -0.2) is 11.2 Å². The minimum Gasteiger partial charge on any atom is -0.463 e. The number of rotatable bonds is 3. The van der Waals surface area contributed by atoms with Crippen LogP contribution in [0.2, 0.25) is 0 Å². The van der Waals surface area contributed by atoms with E-state index in [1.165, 1.54) is 33.5 Å². The number of benzene rings is 1. The van der Waals surface area contributed by atoms with E-state index in [2.05, 4.69) is 18.2 Å². The Morgan fingerprint density at radius 2 is 1.96 bits per heavy atom. The van der Waals surface area contributed by atoms with Crippen LogP contribution in [0.5, 0.6) is 0 Å². The van der Waals surface area contributed by atoms with Gasteiger partial charge < -0.3 is 4.42 Å². The zero-order chi connectivity index (χ0) is 16.6. The molecule has 0 saturated heterocycles. The van der Waals surface area contributed by atoms with Crippen LogP contribution >= 0.6 is 22.7 Å². The molecule has 1 aliphatic rings. The smallest absolute Gasteiger partial charge is 0.144 e. The fraction of sp³-hybridized carbons (Fsp3) is 0.200. The summed E-state index contributed by atoms with van der Waals surface area (Å²) in [4.78, 5) is 11.1. The second kappa shape index (κ2) is 6.24. The van der Waals surface area contributed by atoms with Gasteiger partial charge in [-0.1, -0.05) is 12.1 Å². The zero-order valence-corrected chi connectivity index (χ0v) is 15.2. The predicted octanol–water partition coefficient (Wildman–Crippen LogP) is 6.25. The lowest BCUT2D eigenvalue weighted by atomic mass is 9.96. The second-order valence-corrected chi connectivity index (χ2v) is 8.27. The fourth-order valence-electron chi connectivity index (χ4n) is 3.33. The van der Waals surface area contributed by atoms with Gasteiger partial charge in [0.15, 0.2) is 0 Å². The Hall–Kier alpha value is -2.24. The molecule has 5 rings (SSSR count). The Bertz CT molecular complexity index is 1020. The number of aromatic nitrogens is 1. The molecule has 25 heavy (non-hydrogen) atoms. The lowest BCUT2D eigenvalue weighted by Crippen LogP contribution is -1.99. The summed E-state index contributed by atoms with van der Waals surface area (Å²) in [6.45, 7) is 0. The molecule has 0 spiro atoms. The van der Waals surface area contributed by atoms with Gasteiger partial charge in [-0.25, -0.2) is 9.98 Å². The van der Waals surface area contributed by atoms with E-state index in [9.17, 15) is 0 Å². The van der Waals surface area contributed by atoms with Crippen molar-refractivity contribution in [1.29, 1.82) is 0 Å². The minimum atomic E-state index is 0.779. The number of furan rings is 1.